The molecule has 0 spiro atoms. The lowest BCUT2D eigenvalue weighted by molar-refractivity contribution is -0.115. The molecule has 4 aromatic rings. The molecule has 0 unspecified atom stereocenters. The van der Waals surface area contributed by atoms with Gasteiger partial charge >= 0.3 is 0 Å². The van der Waals surface area contributed by atoms with Crippen LogP contribution in [-0.2, 0) is 11.4 Å². The van der Waals surface area contributed by atoms with Crippen molar-refractivity contribution in [2.75, 3.05) is 11.9 Å². The van der Waals surface area contributed by atoms with E-state index in [9.17, 15) is 9.59 Å². The smallest absolute Gasteiger partial charge is 0.251 e. The zero-order chi connectivity index (χ0) is 21.5. The van der Waals surface area contributed by atoms with Crippen molar-refractivity contribution in [2.45, 2.75) is 6.61 Å². The van der Waals surface area contributed by atoms with Crippen LogP contribution in [0.4, 0.5) is 5.69 Å². The van der Waals surface area contributed by atoms with E-state index in [1.807, 2.05) is 5.38 Å². The lowest BCUT2D eigenvalue weighted by atomic mass is 10.2. The molecule has 0 radical (unpaired) electrons. The minimum Gasteiger partial charge on any atom is -0.487 e. The molecule has 0 aliphatic carbocycles. The number of hydrogen-bond acceptors (Lipinski definition) is 7. The Hall–Kier alpha value is -4.05. The average Bonchev–Trinajstić information content (AvgIpc) is 3.51. The van der Waals surface area contributed by atoms with Crippen molar-refractivity contribution in [3.05, 3.63) is 83.3 Å². The fraction of sp³-hybridized carbons (Fsp3) is 0.0952. The zero-order valence-electron chi connectivity index (χ0n) is 16.3. The molecule has 31 heavy (non-hydrogen) atoms. The van der Waals surface area contributed by atoms with Gasteiger partial charge in [-0.1, -0.05) is 6.07 Å². The van der Waals surface area contributed by atoms with Crippen molar-refractivity contribution in [1.29, 1.82) is 0 Å². The highest BCUT2D eigenvalue weighted by molar-refractivity contribution is 7.07. The number of aromatic nitrogens is 4. The second-order valence-corrected chi connectivity index (χ2v) is 7.13. The maximum absolute atomic E-state index is 12.4. The number of benzene rings is 2. The molecule has 2 heterocycles. The van der Waals surface area contributed by atoms with E-state index >= 15 is 0 Å². The van der Waals surface area contributed by atoms with Gasteiger partial charge in [-0.05, 0) is 42.5 Å². The standard InChI is InChI=1S/C21H18N6O3S/c28-20(26-16-4-6-18(7-5-16)27-13-22-12-25-27)9-23-21(29)15-2-1-3-19(8-15)30-10-17-11-31-14-24-17/h1-8,11-14H,9-10H2,(H,23,29)(H,26,28). The summed E-state index contributed by atoms with van der Waals surface area (Å²) in [7, 11) is 0. The minimum absolute atomic E-state index is 0.159. The predicted molar refractivity (Wildman–Crippen MR) is 115 cm³/mol. The summed E-state index contributed by atoms with van der Waals surface area (Å²) in [6.07, 6.45) is 3.03. The predicted octanol–water partition coefficient (Wildman–Crippen LogP) is 2.67. The molecule has 4 rings (SSSR count). The SMILES string of the molecule is O=C(CNC(=O)c1cccc(OCc2cscn2)c1)Nc1ccc(-n2cncn2)cc1. The number of hydrogen-bond donors (Lipinski definition) is 2. The maximum Gasteiger partial charge on any atom is 0.251 e. The number of nitrogens with zero attached hydrogens (tertiary/aromatic N) is 4. The maximum atomic E-state index is 12.4. The molecule has 0 saturated carbocycles. The fourth-order valence-corrected chi connectivity index (χ4v) is 3.24. The Bertz CT molecular complexity index is 1140. The van der Waals surface area contributed by atoms with Gasteiger partial charge in [0.05, 0.1) is 23.4 Å². The second-order valence-electron chi connectivity index (χ2n) is 6.41. The number of carbonyl (C=O) groups is 2. The molecule has 2 aromatic carbocycles. The first-order valence-corrected chi connectivity index (χ1v) is 10.2. The largest absolute Gasteiger partial charge is 0.487 e. The third-order valence-corrected chi connectivity index (χ3v) is 4.85. The van der Waals surface area contributed by atoms with Gasteiger partial charge in [0.1, 0.15) is 25.0 Å². The normalized spacial score (nSPS) is 10.5. The number of thiazole rings is 1. The van der Waals surface area contributed by atoms with E-state index in [0.717, 1.165) is 11.4 Å². The van der Waals surface area contributed by atoms with Crippen LogP contribution < -0.4 is 15.4 Å². The molecular weight excluding hydrogens is 416 g/mol. The molecule has 0 atom stereocenters. The molecule has 0 fully saturated rings. The topological polar surface area (TPSA) is 111 Å². The highest BCUT2D eigenvalue weighted by atomic mass is 32.1. The van der Waals surface area contributed by atoms with E-state index in [2.05, 4.69) is 25.7 Å². The summed E-state index contributed by atoms with van der Waals surface area (Å²) >= 11 is 1.49. The van der Waals surface area contributed by atoms with Gasteiger partial charge in [-0.3, -0.25) is 9.59 Å². The first-order chi connectivity index (χ1) is 15.2. The molecule has 2 amide bonds. The molecule has 2 N–H and O–H groups in total. The summed E-state index contributed by atoms with van der Waals surface area (Å²) in [6.45, 7) is 0.167. The van der Waals surface area contributed by atoms with Gasteiger partial charge in [0.15, 0.2) is 0 Å². The molecule has 0 saturated heterocycles. The van der Waals surface area contributed by atoms with E-state index < -0.39 is 0 Å². The summed E-state index contributed by atoms with van der Waals surface area (Å²) < 4.78 is 7.27. The average molecular weight is 434 g/mol. The Morgan fingerprint density at radius 3 is 2.74 bits per heavy atom. The van der Waals surface area contributed by atoms with Gasteiger partial charge in [-0.2, -0.15) is 5.10 Å². The summed E-state index contributed by atoms with van der Waals surface area (Å²) in [5, 5.41) is 11.3. The van der Waals surface area contributed by atoms with Crippen LogP contribution >= 0.6 is 11.3 Å². The van der Waals surface area contributed by atoms with Crippen molar-refractivity contribution in [2.24, 2.45) is 0 Å². The Labute approximate surface area is 181 Å². The van der Waals surface area contributed by atoms with E-state index in [4.69, 9.17) is 4.74 Å². The summed E-state index contributed by atoms with van der Waals surface area (Å²) in [5.41, 5.74) is 4.40. The Kier molecular flexibility index (Phi) is 6.29. The molecule has 0 bridgehead atoms. The molecule has 10 heteroatoms. The van der Waals surface area contributed by atoms with Crippen LogP contribution in [0.3, 0.4) is 0 Å². The van der Waals surface area contributed by atoms with Crippen LogP contribution in [0.2, 0.25) is 0 Å². The van der Waals surface area contributed by atoms with Crippen molar-refractivity contribution in [3.63, 3.8) is 0 Å². The van der Waals surface area contributed by atoms with Crippen molar-refractivity contribution >= 4 is 28.8 Å². The molecule has 0 aliphatic heterocycles. The number of ether oxygens (including phenoxy) is 1. The number of anilines is 1. The fourth-order valence-electron chi connectivity index (χ4n) is 2.70. The first-order valence-electron chi connectivity index (χ1n) is 9.30. The highest BCUT2D eigenvalue weighted by Gasteiger charge is 2.10. The van der Waals surface area contributed by atoms with Crippen LogP contribution in [0.15, 0.2) is 72.1 Å². The van der Waals surface area contributed by atoms with Crippen molar-refractivity contribution < 1.29 is 14.3 Å². The van der Waals surface area contributed by atoms with Gasteiger partial charge in [0, 0.05) is 16.6 Å². The van der Waals surface area contributed by atoms with E-state index in [1.165, 1.54) is 17.7 Å². The van der Waals surface area contributed by atoms with E-state index in [1.54, 1.807) is 65.1 Å². The number of rotatable bonds is 8. The minimum atomic E-state index is -0.365. The highest BCUT2D eigenvalue weighted by Crippen LogP contribution is 2.16. The van der Waals surface area contributed by atoms with Crippen molar-refractivity contribution in [1.82, 2.24) is 25.1 Å². The number of carbonyl (C=O) groups excluding carboxylic acids is 2. The lowest BCUT2D eigenvalue weighted by Crippen LogP contribution is -2.32. The van der Waals surface area contributed by atoms with Crippen LogP contribution in [0.1, 0.15) is 16.1 Å². The molecule has 156 valence electrons. The summed E-state index contributed by atoms with van der Waals surface area (Å²) in [6, 6.07) is 13.9. The third-order valence-electron chi connectivity index (χ3n) is 4.21. The molecular formula is C21H18N6O3S. The first kappa shape index (κ1) is 20.2. The summed E-state index contributed by atoms with van der Waals surface area (Å²) in [5.74, 6) is -0.147. The quantitative estimate of drug-likeness (QED) is 0.441. The van der Waals surface area contributed by atoms with E-state index in [0.29, 0.717) is 23.6 Å². The summed E-state index contributed by atoms with van der Waals surface area (Å²) in [4.78, 5) is 32.6. The van der Waals surface area contributed by atoms with Gasteiger partial charge in [-0.15, -0.1) is 11.3 Å². The third kappa shape index (κ3) is 5.52. The van der Waals surface area contributed by atoms with Crippen LogP contribution in [-0.4, -0.2) is 38.1 Å². The lowest BCUT2D eigenvalue weighted by Gasteiger charge is -2.09. The monoisotopic (exact) mass is 434 g/mol. The zero-order valence-corrected chi connectivity index (χ0v) is 17.1. The Morgan fingerprint density at radius 2 is 2.00 bits per heavy atom. The van der Waals surface area contributed by atoms with Gasteiger partial charge in [-0.25, -0.2) is 14.6 Å². The second kappa shape index (κ2) is 9.63. The van der Waals surface area contributed by atoms with Crippen LogP contribution in [0.25, 0.3) is 5.69 Å². The Morgan fingerprint density at radius 1 is 1.13 bits per heavy atom. The van der Waals surface area contributed by atoms with Crippen LogP contribution in [0, 0.1) is 0 Å². The molecule has 0 aliphatic rings. The van der Waals surface area contributed by atoms with Crippen molar-refractivity contribution in [3.8, 4) is 11.4 Å². The van der Waals surface area contributed by atoms with Crippen LogP contribution in [0.5, 0.6) is 5.75 Å². The van der Waals surface area contributed by atoms with Gasteiger partial charge in [0.2, 0.25) is 5.91 Å². The Balaban J connectivity index is 1.27. The van der Waals surface area contributed by atoms with Gasteiger partial charge in [0.25, 0.3) is 5.91 Å². The number of nitrogens with one attached hydrogen (secondary N) is 2. The molecule has 9 nitrogen and oxygen atoms in total. The van der Waals surface area contributed by atoms with Gasteiger partial charge < -0.3 is 15.4 Å². The van der Waals surface area contributed by atoms with E-state index in [-0.39, 0.29) is 18.4 Å². The number of amides is 2. The molecule has 2 aromatic heterocycles.